The number of benzene rings is 2. The molecule has 2 aromatic carbocycles. The van der Waals surface area contributed by atoms with Gasteiger partial charge in [-0.25, -0.2) is 4.98 Å². The van der Waals surface area contributed by atoms with Crippen LogP contribution in [0.1, 0.15) is 26.6 Å². The molecule has 4 rings (SSSR count). The highest BCUT2D eigenvalue weighted by atomic mass is 35.5. The number of aromatic nitrogens is 2. The number of rotatable bonds is 4. The number of carbonyl (C=O) groups is 1. The summed E-state index contributed by atoms with van der Waals surface area (Å²) in [5.41, 5.74) is 4.47. The maximum atomic E-state index is 13.0. The Morgan fingerprint density at radius 3 is 2.48 bits per heavy atom. The number of amides is 1. The van der Waals surface area contributed by atoms with Gasteiger partial charge in [-0.2, -0.15) is 0 Å². The molecule has 1 amide bonds. The maximum absolute atomic E-state index is 13.0. The zero-order valence-corrected chi connectivity index (χ0v) is 17.7. The monoisotopic (exact) mass is 423 g/mol. The van der Waals surface area contributed by atoms with Gasteiger partial charge in [-0.15, -0.1) is 11.3 Å². The van der Waals surface area contributed by atoms with Crippen molar-refractivity contribution in [2.45, 2.75) is 20.8 Å². The molecule has 0 spiro atoms. The fourth-order valence-corrected chi connectivity index (χ4v) is 4.12. The van der Waals surface area contributed by atoms with Crippen molar-refractivity contribution < 1.29 is 9.32 Å². The molecule has 5 nitrogen and oxygen atoms in total. The second-order valence-corrected chi connectivity index (χ2v) is 8.30. The Hall–Kier alpha value is -2.96. The van der Waals surface area contributed by atoms with Gasteiger partial charge in [-0.05, 0) is 26.8 Å². The molecule has 0 bridgehead atoms. The van der Waals surface area contributed by atoms with Crippen LogP contribution in [0.3, 0.4) is 0 Å². The minimum Gasteiger partial charge on any atom is -0.360 e. The molecule has 0 radical (unpaired) electrons. The predicted molar refractivity (Wildman–Crippen MR) is 117 cm³/mol. The molecule has 1 N–H and O–H groups in total. The van der Waals surface area contributed by atoms with Gasteiger partial charge in [0.25, 0.3) is 5.91 Å². The summed E-state index contributed by atoms with van der Waals surface area (Å²) < 4.78 is 5.29. The van der Waals surface area contributed by atoms with Gasteiger partial charge in [0.1, 0.15) is 17.0 Å². The first-order chi connectivity index (χ1) is 13.9. The molecule has 0 aliphatic carbocycles. The van der Waals surface area contributed by atoms with Gasteiger partial charge >= 0.3 is 0 Å². The largest absolute Gasteiger partial charge is 0.360 e. The van der Waals surface area contributed by atoms with Gasteiger partial charge in [-0.1, -0.05) is 64.8 Å². The fourth-order valence-electron chi connectivity index (χ4n) is 3.07. The van der Waals surface area contributed by atoms with Crippen LogP contribution < -0.4 is 5.32 Å². The zero-order chi connectivity index (χ0) is 20.5. The normalized spacial score (nSPS) is 10.9. The van der Waals surface area contributed by atoms with E-state index in [2.05, 4.69) is 15.5 Å². The number of anilines is 1. The van der Waals surface area contributed by atoms with Crippen LogP contribution in [0.25, 0.3) is 22.5 Å². The first-order valence-electron chi connectivity index (χ1n) is 9.01. The standard InChI is InChI=1S/C22H18ClN3O2S/c1-12-8-10-15(11-9-12)19-14(3)29-22(24-19)25-21(27)18-13(2)28-26-20(18)16-6-4-5-7-17(16)23/h4-11H,1-3H3,(H,24,25,27). The quantitative estimate of drug-likeness (QED) is 0.418. The second-order valence-electron chi connectivity index (χ2n) is 6.69. The molecule has 0 saturated carbocycles. The van der Waals surface area contributed by atoms with E-state index in [1.54, 1.807) is 19.1 Å². The molecule has 0 unspecified atom stereocenters. The molecule has 7 heteroatoms. The van der Waals surface area contributed by atoms with E-state index in [1.807, 2.05) is 50.2 Å². The highest BCUT2D eigenvalue weighted by Gasteiger charge is 2.24. The van der Waals surface area contributed by atoms with Crippen molar-refractivity contribution >= 4 is 34.0 Å². The lowest BCUT2D eigenvalue weighted by Crippen LogP contribution is -2.13. The van der Waals surface area contributed by atoms with Gasteiger partial charge in [-0.3, -0.25) is 10.1 Å². The summed E-state index contributed by atoms with van der Waals surface area (Å²) in [6.45, 7) is 5.73. The third-order valence-electron chi connectivity index (χ3n) is 4.56. The Labute approximate surface area is 177 Å². The third kappa shape index (κ3) is 3.81. The van der Waals surface area contributed by atoms with E-state index >= 15 is 0 Å². The van der Waals surface area contributed by atoms with Crippen LogP contribution in [0.2, 0.25) is 5.02 Å². The van der Waals surface area contributed by atoms with Crippen molar-refractivity contribution in [2.75, 3.05) is 5.32 Å². The Balaban J connectivity index is 1.65. The second kappa shape index (κ2) is 7.81. The predicted octanol–water partition coefficient (Wildman–Crippen LogP) is 6.30. The summed E-state index contributed by atoms with van der Waals surface area (Å²) >= 11 is 7.71. The van der Waals surface area contributed by atoms with Crippen LogP contribution in [-0.2, 0) is 0 Å². The van der Waals surface area contributed by atoms with Crippen LogP contribution in [0, 0.1) is 20.8 Å². The number of thiazole rings is 1. The summed E-state index contributed by atoms with van der Waals surface area (Å²) in [7, 11) is 0. The zero-order valence-electron chi connectivity index (χ0n) is 16.1. The Morgan fingerprint density at radius 2 is 1.76 bits per heavy atom. The molecule has 2 heterocycles. The average Bonchev–Trinajstić information content (AvgIpc) is 3.25. The highest BCUT2D eigenvalue weighted by Crippen LogP contribution is 2.33. The van der Waals surface area contributed by atoms with Crippen molar-refractivity contribution in [3.8, 4) is 22.5 Å². The number of halogens is 1. The molecule has 29 heavy (non-hydrogen) atoms. The molecule has 0 aliphatic heterocycles. The molecular weight excluding hydrogens is 406 g/mol. The summed E-state index contributed by atoms with van der Waals surface area (Å²) in [6, 6.07) is 15.4. The number of hydrogen-bond acceptors (Lipinski definition) is 5. The molecule has 0 saturated heterocycles. The van der Waals surface area contributed by atoms with Crippen molar-refractivity contribution in [3.05, 3.63) is 75.3 Å². The number of aryl methyl sites for hydroxylation is 3. The van der Waals surface area contributed by atoms with E-state index in [0.717, 1.165) is 16.1 Å². The van der Waals surface area contributed by atoms with E-state index in [1.165, 1.54) is 16.9 Å². The molecule has 4 aromatic rings. The summed E-state index contributed by atoms with van der Waals surface area (Å²) in [5, 5.41) is 7.96. The topological polar surface area (TPSA) is 68.0 Å². The van der Waals surface area contributed by atoms with Crippen LogP contribution in [-0.4, -0.2) is 16.0 Å². The molecule has 0 fully saturated rings. The molecular formula is C22H18ClN3O2S. The average molecular weight is 424 g/mol. The van der Waals surface area contributed by atoms with Crippen LogP contribution in [0.5, 0.6) is 0 Å². The Bertz CT molecular complexity index is 1200. The number of nitrogens with one attached hydrogen (secondary N) is 1. The summed E-state index contributed by atoms with van der Waals surface area (Å²) in [6.07, 6.45) is 0. The van der Waals surface area contributed by atoms with Gasteiger partial charge in [0, 0.05) is 16.0 Å². The van der Waals surface area contributed by atoms with Crippen LogP contribution in [0.15, 0.2) is 53.1 Å². The third-order valence-corrected chi connectivity index (χ3v) is 5.78. The van der Waals surface area contributed by atoms with Gasteiger partial charge in [0.05, 0.1) is 10.7 Å². The van der Waals surface area contributed by atoms with Crippen LogP contribution >= 0.6 is 22.9 Å². The van der Waals surface area contributed by atoms with E-state index in [-0.39, 0.29) is 5.91 Å². The van der Waals surface area contributed by atoms with Crippen LogP contribution in [0.4, 0.5) is 5.13 Å². The summed E-state index contributed by atoms with van der Waals surface area (Å²) in [4.78, 5) is 18.7. The fraction of sp³-hybridized carbons (Fsp3) is 0.136. The lowest BCUT2D eigenvalue weighted by Gasteiger charge is -2.04. The summed E-state index contributed by atoms with van der Waals surface area (Å²) in [5.74, 6) is 0.0901. The highest BCUT2D eigenvalue weighted by molar-refractivity contribution is 7.16. The first-order valence-corrected chi connectivity index (χ1v) is 10.2. The van der Waals surface area contributed by atoms with Crippen molar-refractivity contribution in [1.29, 1.82) is 0 Å². The van der Waals surface area contributed by atoms with Crippen molar-refractivity contribution in [3.63, 3.8) is 0 Å². The first kappa shape index (κ1) is 19.4. The molecule has 0 atom stereocenters. The molecule has 0 aliphatic rings. The molecule has 146 valence electrons. The van der Waals surface area contributed by atoms with Crippen molar-refractivity contribution in [1.82, 2.24) is 10.1 Å². The smallest absolute Gasteiger partial charge is 0.263 e. The Morgan fingerprint density at radius 1 is 1.03 bits per heavy atom. The molecule has 2 aromatic heterocycles. The van der Waals surface area contributed by atoms with Gasteiger partial charge in [0.2, 0.25) is 0 Å². The SMILES string of the molecule is Cc1ccc(-c2nc(NC(=O)c3c(-c4ccccc4Cl)noc3C)sc2C)cc1. The lowest BCUT2D eigenvalue weighted by molar-refractivity contribution is 0.102. The van der Waals surface area contributed by atoms with E-state index < -0.39 is 0 Å². The number of carbonyl (C=O) groups excluding carboxylic acids is 1. The van der Waals surface area contributed by atoms with Gasteiger partial charge < -0.3 is 4.52 Å². The number of hydrogen-bond donors (Lipinski definition) is 1. The minimum atomic E-state index is -0.331. The number of nitrogens with zero attached hydrogens (tertiary/aromatic N) is 2. The minimum absolute atomic E-state index is 0.331. The van der Waals surface area contributed by atoms with Crippen molar-refractivity contribution in [2.24, 2.45) is 0 Å². The lowest BCUT2D eigenvalue weighted by atomic mass is 10.1. The maximum Gasteiger partial charge on any atom is 0.263 e. The Kier molecular flexibility index (Phi) is 5.22. The van der Waals surface area contributed by atoms with E-state index in [4.69, 9.17) is 16.1 Å². The van der Waals surface area contributed by atoms with E-state index in [9.17, 15) is 4.79 Å². The van der Waals surface area contributed by atoms with E-state index in [0.29, 0.717) is 32.7 Å². The van der Waals surface area contributed by atoms with Gasteiger partial charge in [0.15, 0.2) is 5.13 Å².